The van der Waals surface area contributed by atoms with Crippen LogP contribution in [-0.4, -0.2) is 19.0 Å². The van der Waals surface area contributed by atoms with Gasteiger partial charge in [0.2, 0.25) is 5.90 Å². The summed E-state index contributed by atoms with van der Waals surface area (Å²) in [5.41, 5.74) is 2.87. The van der Waals surface area contributed by atoms with Gasteiger partial charge < -0.3 is 14.2 Å². The number of nitrogens with zero attached hydrogens (tertiary/aromatic N) is 1. The molecule has 5 rings (SSSR count). The highest BCUT2D eigenvalue weighted by Crippen LogP contribution is 2.24. The van der Waals surface area contributed by atoms with Gasteiger partial charge in [0, 0.05) is 5.56 Å². The summed E-state index contributed by atoms with van der Waals surface area (Å²) in [4.78, 5) is 16.7. The molecule has 0 radical (unpaired) electrons. The molecule has 4 aromatic rings. The second-order valence-electron chi connectivity index (χ2n) is 7.56. The number of fused-ring (bicyclic) bond motifs is 1. The minimum Gasteiger partial charge on any atom is -0.497 e. The summed E-state index contributed by atoms with van der Waals surface area (Å²) >= 11 is 0. The second kappa shape index (κ2) is 9.01. The molecular weight excluding hydrogens is 414 g/mol. The van der Waals surface area contributed by atoms with Crippen LogP contribution in [0.25, 0.3) is 16.8 Å². The molecule has 0 aromatic heterocycles. The Morgan fingerprint density at radius 2 is 1.67 bits per heavy atom. The van der Waals surface area contributed by atoms with Gasteiger partial charge in [-0.2, -0.15) is 0 Å². The standard InChI is InChI=1S/C28H21NO4/c1-31-23-14-12-21(13-15-23)27-29-26(28(30)33-27)17-19-6-4-10-24(16-19)32-18-22-9-5-8-20-7-2-3-11-25(20)22/h2-17H,18H2,1H3/b26-17+. The molecule has 4 aromatic carbocycles. The van der Waals surface area contributed by atoms with Gasteiger partial charge in [0.15, 0.2) is 5.70 Å². The number of carbonyl (C=O) groups is 1. The van der Waals surface area contributed by atoms with Crippen LogP contribution in [0.1, 0.15) is 16.7 Å². The second-order valence-corrected chi connectivity index (χ2v) is 7.56. The van der Waals surface area contributed by atoms with Crippen molar-refractivity contribution in [2.45, 2.75) is 6.61 Å². The quantitative estimate of drug-likeness (QED) is 0.285. The first-order valence-electron chi connectivity index (χ1n) is 10.6. The van der Waals surface area contributed by atoms with Gasteiger partial charge in [-0.25, -0.2) is 9.79 Å². The van der Waals surface area contributed by atoms with E-state index in [1.807, 2.05) is 42.5 Å². The highest BCUT2D eigenvalue weighted by molar-refractivity contribution is 6.12. The molecule has 0 amide bonds. The first-order valence-corrected chi connectivity index (χ1v) is 10.6. The van der Waals surface area contributed by atoms with Crippen LogP contribution in [0.5, 0.6) is 11.5 Å². The van der Waals surface area contributed by atoms with E-state index >= 15 is 0 Å². The lowest BCUT2D eigenvalue weighted by Crippen LogP contribution is -2.05. The number of rotatable bonds is 6. The van der Waals surface area contributed by atoms with E-state index in [4.69, 9.17) is 14.2 Å². The Hall–Kier alpha value is -4.38. The van der Waals surface area contributed by atoms with Crippen molar-refractivity contribution in [1.82, 2.24) is 0 Å². The van der Waals surface area contributed by atoms with Gasteiger partial charge in [0.05, 0.1) is 7.11 Å². The minimum absolute atomic E-state index is 0.243. The fraction of sp³-hybridized carbons (Fsp3) is 0.0714. The highest BCUT2D eigenvalue weighted by Gasteiger charge is 2.24. The van der Waals surface area contributed by atoms with Crippen LogP contribution < -0.4 is 9.47 Å². The van der Waals surface area contributed by atoms with Crippen LogP contribution in [-0.2, 0) is 16.1 Å². The van der Waals surface area contributed by atoms with Gasteiger partial charge in [-0.3, -0.25) is 0 Å². The molecule has 162 valence electrons. The van der Waals surface area contributed by atoms with Crippen LogP contribution in [0.4, 0.5) is 0 Å². The number of cyclic esters (lactones) is 1. The van der Waals surface area contributed by atoms with E-state index in [-0.39, 0.29) is 11.6 Å². The summed E-state index contributed by atoms with van der Waals surface area (Å²) in [5.74, 6) is 1.22. The Bertz CT molecular complexity index is 1380. The molecule has 0 aliphatic carbocycles. The number of esters is 1. The molecule has 1 heterocycles. The summed E-state index contributed by atoms with van der Waals surface area (Å²) in [5, 5.41) is 2.36. The molecule has 0 fully saturated rings. The van der Waals surface area contributed by atoms with E-state index in [0.29, 0.717) is 17.9 Å². The molecule has 1 aliphatic rings. The number of ether oxygens (including phenoxy) is 3. The van der Waals surface area contributed by atoms with Gasteiger partial charge in [-0.1, -0.05) is 54.6 Å². The normalized spacial score (nSPS) is 14.3. The Morgan fingerprint density at radius 1 is 0.879 bits per heavy atom. The Morgan fingerprint density at radius 3 is 2.52 bits per heavy atom. The fourth-order valence-corrected chi connectivity index (χ4v) is 3.70. The van der Waals surface area contributed by atoms with E-state index in [2.05, 4.69) is 29.3 Å². The molecule has 5 nitrogen and oxygen atoms in total. The number of hydrogen-bond acceptors (Lipinski definition) is 5. The zero-order chi connectivity index (χ0) is 22.6. The topological polar surface area (TPSA) is 57.1 Å². The van der Waals surface area contributed by atoms with Crippen molar-refractivity contribution in [3.8, 4) is 11.5 Å². The Labute approximate surface area is 191 Å². The molecule has 0 bridgehead atoms. The summed E-state index contributed by atoms with van der Waals surface area (Å²) < 4.78 is 16.6. The molecule has 0 N–H and O–H groups in total. The van der Waals surface area contributed by atoms with E-state index in [9.17, 15) is 4.79 Å². The smallest absolute Gasteiger partial charge is 0.363 e. The number of methoxy groups -OCH3 is 1. The van der Waals surface area contributed by atoms with Gasteiger partial charge >= 0.3 is 5.97 Å². The summed E-state index contributed by atoms with van der Waals surface area (Å²) in [7, 11) is 1.60. The third-order valence-corrected chi connectivity index (χ3v) is 5.39. The largest absolute Gasteiger partial charge is 0.497 e. The van der Waals surface area contributed by atoms with Crippen molar-refractivity contribution in [1.29, 1.82) is 0 Å². The van der Waals surface area contributed by atoms with E-state index in [0.717, 1.165) is 16.9 Å². The first-order chi connectivity index (χ1) is 16.2. The highest BCUT2D eigenvalue weighted by atomic mass is 16.6. The van der Waals surface area contributed by atoms with E-state index in [1.54, 1.807) is 37.5 Å². The fourth-order valence-electron chi connectivity index (χ4n) is 3.70. The predicted octanol–water partition coefficient (Wildman–Crippen LogP) is 5.77. The van der Waals surface area contributed by atoms with Gasteiger partial charge in [0.25, 0.3) is 0 Å². The van der Waals surface area contributed by atoms with Crippen molar-refractivity contribution in [2.75, 3.05) is 7.11 Å². The lowest BCUT2D eigenvalue weighted by molar-refractivity contribution is -0.129. The van der Waals surface area contributed by atoms with Crippen LogP contribution in [0.3, 0.4) is 0 Å². The van der Waals surface area contributed by atoms with Crippen LogP contribution in [0.2, 0.25) is 0 Å². The maximum absolute atomic E-state index is 12.3. The average Bonchev–Trinajstić information content (AvgIpc) is 3.23. The van der Waals surface area contributed by atoms with Crippen LogP contribution in [0.15, 0.2) is 102 Å². The third-order valence-electron chi connectivity index (χ3n) is 5.39. The molecule has 5 heteroatoms. The molecule has 0 saturated carbocycles. The number of aliphatic imine (C=N–C) groups is 1. The lowest BCUT2D eigenvalue weighted by atomic mass is 10.1. The van der Waals surface area contributed by atoms with Crippen molar-refractivity contribution >= 4 is 28.7 Å². The maximum Gasteiger partial charge on any atom is 0.363 e. The molecule has 0 saturated heterocycles. The Kier molecular flexibility index (Phi) is 5.60. The van der Waals surface area contributed by atoms with Crippen LogP contribution >= 0.6 is 0 Å². The zero-order valence-corrected chi connectivity index (χ0v) is 18.0. The maximum atomic E-state index is 12.3. The summed E-state index contributed by atoms with van der Waals surface area (Å²) in [6.45, 7) is 0.448. The van der Waals surface area contributed by atoms with Crippen molar-refractivity contribution < 1.29 is 19.0 Å². The van der Waals surface area contributed by atoms with Gasteiger partial charge in [0.1, 0.15) is 18.1 Å². The van der Waals surface area contributed by atoms with Crippen LogP contribution in [0, 0.1) is 0 Å². The zero-order valence-electron chi connectivity index (χ0n) is 18.0. The van der Waals surface area contributed by atoms with Crippen molar-refractivity contribution in [3.05, 3.63) is 113 Å². The average molecular weight is 435 g/mol. The Balaban J connectivity index is 1.34. The minimum atomic E-state index is -0.483. The predicted molar refractivity (Wildman–Crippen MR) is 128 cm³/mol. The molecular formula is C28H21NO4. The third kappa shape index (κ3) is 4.48. The molecule has 33 heavy (non-hydrogen) atoms. The van der Waals surface area contributed by atoms with Crippen molar-refractivity contribution in [2.24, 2.45) is 4.99 Å². The lowest BCUT2D eigenvalue weighted by Gasteiger charge is -2.09. The van der Waals surface area contributed by atoms with Gasteiger partial charge in [-0.15, -0.1) is 0 Å². The SMILES string of the molecule is COc1ccc(C2=N/C(=C/c3cccc(OCc4cccc5ccccc45)c3)C(=O)O2)cc1. The monoisotopic (exact) mass is 435 g/mol. The van der Waals surface area contributed by atoms with Gasteiger partial charge in [-0.05, 0) is 64.4 Å². The van der Waals surface area contributed by atoms with E-state index in [1.165, 1.54) is 10.8 Å². The summed E-state index contributed by atoms with van der Waals surface area (Å²) in [6, 6.07) is 29.2. The van der Waals surface area contributed by atoms with E-state index < -0.39 is 5.97 Å². The summed E-state index contributed by atoms with van der Waals surface area (Å²) in [6.07, 6.45) is 1.70. The molecule has 0 atom stereocenters. The number of benzene rings is 4. The molecule has 0 spiro atoms. The number of carbonyl (C=O) groups excluding carboxylic acids is 1. The first kappa shape index (κ1) is 20.5. The number of hydrogen-bond donors (Lipinski definition) is 0. The molecule has 1 aliphatic heterocycles. The molecule has 0 unspecified atom stereocenters. The van der Waals surface area contributed by atoms with Crippen molar-refractivity contribution in [3.63, 3.8) is 0 Å².